The van der Waals surface area contributed by atoms with Crippen LogP contribution >= 0.6 is 0 Å². The number of alkyl halides is 3. The number of hydrogen-bond acceptors (Lipinski definition) is 7. The van der Waals surface area contributed by atoms with E-state index in [9.17, 15) is 8.78 Å². The number of aromatic nitrogens is 4. The highest BCUT2D eigenvalue weighted by Gasteiger charge is 2.38. The summed E-state index contributed by atoms with van der Waals surface area (Å²) in [6, 6.07) is 11.8. The van der Waals surface area contributed by atoms with Gasteiger partial charge in [-0.2, -0.15) is 8.78 Å². The second-order valence-corrected chi connectivity index (χ2v) is 9.74. The van der Waals surface area contributed by atoms with Gasteiger partial charge in [-0.3, -0.25) is 0 Å². The van der Waals surface area contributed by atoms with Gasteiger partial charge in [0.05, 0.1) is 55.6 Å². The van der Waals surface area contributed by atoms with Crippen LogP contribution in [0.5, 0.6) is 5.75 Å². The molecule has 2 aromatic carbocycles. The summed E-state index contributed by atoms with van der Waals surface area (Å²) in [5, 5.41) is 0. The Bertz CT molecular complexity index is 1460. The van der Waals surface area contributed by atoms with Crippen LogP contribution in [-0.4, -0.2) is 64.6 Å². The molecule has 38 heavy (non-hydrogen) atoms. The molecule has 3 aliphatic rings. The van der Waals surface area contributed by atoms with Crippen molar-refractivity contribution in [1.29, 1.82) is 0 Å². The molecule has 0 radical (unpaired) electrons. The number of anilines is 1. The first-order valence-corrected chi connectivity index (χ1v) is 12.5. The monoisotopic (exact) mass is 523 g/mol. The highest BCUT2D eigenvalue weighted by molar-refractivity contribution is 5.83. The van der Waals surface area contributed by atoms with Crippen LogP contribution in [0.3, 0.4) is 0 Å². The number of rotatable bonds is 5. The van der Waals surface area contributed by atoms with Crippen molar-refractivity contribution in [3.05, 3.63) is 66.2 Å². The van der Waals surface area contributed by atoms with Gasteiger partial charge in [0, 0.05) is 29.9 Å². The standard InChI is InChI=1S/C27H24F3N5O3/c28-20-8-22(19-3-1-2-4-24(19)38-26(29)30)35-23-7-15(5-6-21(23)33-25(20)35)16-9-31-27(32-10-16)34-17-11-36-13-18(34)14-37-12-17/h1-7,9-10,17-18,20,22,26H,8,11-14H2. The minimum atomic E-state index is -2.98. The number of imidazole rings is 1. The van der Waals surface area contributed by atoms with E-state index in [1.807, 2.05) is 18.2 Å². The summed E-state index contributed by atoms with van der Waals surface area (Å²) < 4.78 is 59.1. The van der Waals surface area contributed by atoms with Crippen LogP contribution < -0.4 is 9.64 Å². The number of morpholine rings is 2. The molecule has 8 nitrogen and oxygen atoms in total. The predicted octanol–water partition coefficient (Wildman–Crippen LogP) is 4.70. The lowest BCUT2D eigenvalue weighted by atomic mass is 10.0. The van der Waals surface area contributed by atoms with E-state index in [0.29, 0.717) is 49.0 Å². The fourth-order valence-corrected chi connectivity index (χ4v) is 5.80. The third kappa shape index (κ3) is 3.88. The van der Waals surface area contributed by atoms with Crippen molar-refractivity contribution in [1.82, 2.24) is 19.5 Å². The molecule has 2 aromatic heterocycles. The highest BCUT2D eigenvalue weighted by Crippen LogP contribution is 2.46. The first-order chi connectivity index (χ1) is 18.6. The number of benzene rings is 2. The molecule has 5 heterocycles. The van der Waals surface area contributed by atoms with E-state index in [1.165, 1.54) is 6.07 Å². The summed E-state index contributed by atoms with van der Waals surface area (Å²) in [6.45, 7) is -0.670. The molecule has 196 valence electrons. The van der Waals surface area contributed by atoms with Crippen LogP contribution in [0.25, 0.3) is 22.2 Å². The predicted molar refractivity (Wildman–Crippen MR) is 132 cm³/mol. The molecule has 0 spiro atoms. The van der Waals surface area contributed by atoms with E-state index in [2.05, 4.69) is 19.9 Å². The van der Waals surface area contributed by atoms with E-state index in [0.717, 1.165) is 11.1 Å². The molecule has 0 N–H and O–H groups in total. The maximum Gasteiger partial charge on any atom is 0.387 e. The smallest absolute Gasteiger partial charge is 0.387 e. The van der Waals surface area contributed by atoms with Gasteiger partial charge in [0.25, 0.3) is 0 Å². The lowest BCUT2D eigenvalue weighted by molar-refractivity contribution is -0.0507. The third-order valence-electron chi connectivity index (χ3n) is 7.46. The van der Waals surface area contributed by atoms with Gasteiger partial charge in [-0.15, -0.1) is 0 Å². The molecule has 2 unspecified atom stereocenters. The van der Waals surface area contributed by atoms with Crippen LogP contribution in [0.1, 0.15) is 30.0 Å². The first-order valence-electron chi connectivity index (χ1n) is 12.5. The lowest BCUT2D eigenvalue weighted by Crippen LogP contribution is -2.60. The molecule has 2 saturated heterocycles. The second-order valence-electron chi connectivity index (χ2n) is 9.74. The van der Waals surface area contributed by atoms with Gasteiger partial charge >= 0.3 is 6.61 Å². The summed E-state index contributed by atoms with van der Waals surface area (Å²) in [5.74, 6) is 0.951. The molecule has 0 amide bonds. The zero-order valence-electron chi connectivity index (χ0n) is 20.2. The quantitative estimate of drug-likeness (QED) is 0.375. The van der Waals surface area contributed by atoms with Crippen LogP contribution in [0.2, 0.25) is 0 Å². The fraction of sp³-hybridized carbons (Fsp3) is 0.370. The highest BCUT2D eigenvalue weighted by atomic mass is 19.3. The second kappa shape index (κ2) is 9.25. The summed E-state index contributed by atoms with van der Waals surface area (Å²) in [4.78, 5) is 16.0. The van der Waals surface area contributed by atoms with Gasteiger partial charge in [-0.05, 0) is 23.8 Å². The maximum absolute atomic E-state index is 15.1. The largest absolute Gasteiger partial charge is 0.434 e. The minimum absolute atomic E-state index is 0.0350. The van der Waals surface area contributed by atoms with E-state index < -0.39 is 18.8 Å². The molecule has 0 aliphatic carbocycles. The number of ether oxygens (including phenoxy) is 3. The summed E-state index contributed by atoms with van der Waals surface area (Å²) in [6.07, 6.45) is 2.32. The average Bonchev–Trinajstić information content (AvgIpc) is 3.45. The van der Waals surface area contributed by atoms with Crippen molar-refractivity contribution in [2.45, 2.75) is 37.3 Å². The van der Waals surface area contributed by atoms with Crippen molar-refractivity contribution < 1.29 is 27.4 Å². The van der Waals surface area contributed by atoms with E-state index >= 15 is 4.39 Å². The van der Waals surface area contributed by atoms with Crippen molar-refractivity contribution in [3.63, 3.8) is 0 Å². The van der Waals surface area contributed by atoms with Gasteiger partial charge in [-0.25, -0.2) is 19.3 Å². The van der Waals surface area contributed by atoms with Gasteiger partial charge in [-0.1, -0.05) is 24.3 Å². The Morgan fingerprint density at radius 2 is 1.63 bits per heavy atom. The number of fused-ring (bicyclic) bond motifs is 5. The van der Waals surface area contributed by atoms with Crippen molar-refractivity contribution in [2.75, 3.05) is 31.3 Å². The molecular weight excluding hydrogens is 499 g/mol. The third-order valence-corrected chi connectivity index (χ3v) is 7.46. The van der Waals surface area contributed by atoms with Crippen molar-refractivity contribution >= 4 is 17.0 Å². The Labute approximate surface area is 216 Å². The molecular formula is C27H24F3N5O3. The molecule has 4 aromatic rings. The van der Waals surface area contributed by atoms with Gasteiger partial charge in [0.1, 0.15) is 11.6 Å². The average molecular weight is 524 g/mol. The van der Waals surface area contributed by atoms with Crippen molar-refractivity contribution in [3.8, 4) is 16.9 Å². The molecule has 11 heteroatoms. The Balaban J connectivity index is 1.25. The van der Waals surface area contributed by atoms with Gasteiger partial charge in [0.2, 0.25) is 5.95 Å². The molecule has 2 atom stereocenters. The van der Waals surface area contributed by atoms with Crippen LogP contribution in [-0.2, 0) is 9.47 Å². The Hall–Kier alpha value is -3.70. The summed E-state index contributed by atoms with van der Waals surface area (Å²) in [7, 11) is 0. The van der Waals surface area contributed by atoms with Gasteiger partial charge in [0.15, 0.2) is 6.17 Å². The first kappa shape index (κ1) is 23.4. The maximum atomic E-state index is 15.1. The molecule has 7 rings (SSSR count). The number of nitrogens with zero attached hydrogens (tertiary/aromatic N) is 5. The van der Waals surface area contributed by atoms with E-state index in [1.54, 1.807) is 35.2 Å². The SMILES string of the molecule is FC(F)Oc1ccccc1C1CC(F)c2nc3ccc(-c4cnc(N5C6COCC5COC6)nc4)cc3n21. The number of hydrogen-bond donors (Lipinski definition) is 0. The zero-order chi connectivity index (χ0) is 25.8. The summed E-state index contributed by atoms with van der Waals surface area (Å²) >= 11 is 0. The Morgan fingerprint density at radius 1 is 0.921 bits per heavy atom. The number of halogens is 3. The topological polar surface area (TPSA) is 74.5 Å². The minimum Gasteiger partial charge on any atom is -0.434 e. The molecule has 0 saturated carbocycles. The Morgan fingerprint density at radius 3 is 2.34 bits per heavy atom. The molecule has 2 bridgehead atoms. The normalized spacial score (nSPS) is 24.7. The van der Waals surface area contributed by atoms with Crippen LogP contribution in [0.4, 0.5) is 19.1 Å². The Kier molecular flexibility index (Phi) is 5.70. The van der Waals surface area contributed by atoms with Gasteiger partial charge < -0.3 is 23.7 Å². The van der Waals surface area contributed by atoms with E-state index in [-0.39, 0.29) is 30.1 Å². The molecule has 3 aliphatic heterocycles. The van der Waals surface area contributed by atoms with Crippen molar-refractivity contribution in [2.24, 2.45) is 0 Å². The lowest BCUT2D eigenvalue weighted by Gasteiger charge is -2.45. The van der Waals surface area contributed by atoms with Crippen LogP contribution in [0, 0.1) is 0 Å². The number of para-hydroxylation sites is 1. The van der Waals surface area contributed by atoms with Crippen LogP contribution in [0.15, 0.2) is 54.9 Å². The molecule has 2 fully saturated rings. The zero-order valence-corrected chi connectivity index (χ0v) is 20.2. The van der Waals surface area contributed by atoms with E-state index in [4.69, 9.17) is 14.2 Å². The summed E-state index contributed by atoms with van der Waals surface area (Å²) in [5.41, 5.74) is 3.47. The fourth-order valence-electron chi connectivity index (χ4n) is 5.80.